The minimum Gasteiger partial charge on any atom is -0.320 e. The summed E-state index contributed by atoms with van der Waals surface area (Å²) in [6.07, 6.45) is 5.04. The number of hydrogen-bond donors (Lipinski definition) is 0. The van der Waals surface area contributed by atoms with Gasteiger partial charge in [0.05, 0.1) is 10.9 Å². The fourth-order valence-electron chi connectivity index (χ4n) is 3.44. The van der Waals surface area contributed by atoms with Crippen LogP contribution in [0.2, 0.25) is 0 Å². The summed E-state index contributed by atoms with van der Waals surface area (Å²) in [5, 5.41) is 0.874. The van der Waals surface area contributed by atoms with Crippen molar-refractivity contribution < 1.29 is 4.79 Å². The van der Waals surface area contributed by atoms with Gasteiger partial charge in [0.15, 0.2) is 10.9 Å². The van der Waals surface area contributed by atoms with E-state index in [2.05, 4.69) is 18.4 Å². The Morgan fingerprint density at radius 1 is 1.17 bits per heavy atom. The van der Waals surface area contributed by atoms with Crippen LogP contribution in [0.3, 0.4) is 0 Å². The summed E-state index contributed by atoms with van der Waals surface area (Å²) in [6, 6.07) is 8.40. The lowest BCUT2D eigenvalue weighted by Gasteiger charge is -2.18. The monoisotopic (exact) mass is 342 g/mol. The minimum absolute atomic E-state index is 0.131. The highest BCUT2D eigenvalue weighted by molar-refractivity contribution is 8.00. The van der Waals surface area contributed by atoms with Gasteiger partial charge in [0, 0.05) is 17.3 Å². The Labute approximate surface area is 148 Å². The van der Waals surface area contributed by atoms with Gasteiger partial charge in [-0.3, -0.25) is 4.79 Å². The highest BCUT2D eigenvalue weighted by Crippen LogP contribution is 2.36. The number of aromatic nitrogens is 2. The van der Waals surface area contributed by atoms with Crippen molar-refractivity contribution in [2.24, 2.45) is 0 Å². The van der Waals surface area contributed by atoms with Gasteiger partial charge in [-0.25, -0.2) is 4.98 Å². The Bertz CT molecular complexity index is 727. The predicted molar refractivity (Wildman–Crippen MR) is 100 cm³/mol. The SMILES string of the molecule is Cc1ccc(C(=O)[C@H](C)Sc2nc(C)c(C)n2C2CCCC2)cc1. The average Bonchev–Trinajstić information content (AvgIpc) is 3.16. The standard InChI is InChI=1S/C20H26N2OS/c1-13-9-11-17(12-10-13)19(23)16(4)24-20-21-14(2)15(3)22(20)18-7-5-6-8-18/h9-12,16,18H,5-8H2,1-4H3/t16-/m0/s1. The van der Waals surface area contributed by atoms with Crippen molar-refractivity contribution in [3.8, 4) is 0 Å². The molecule has 1 aromatic heterocycles. The number of aryl methyl sites for hydroxylation is 2. The van der Waals surface area contributed by atoms with Crippen LogP contribution in [0.1, 0.15) is 66.0 Å². The number of carbonyl (C=O) groups excluding carboxylic acids is 1. The number of Topliss-reactive ketones (excluding diaryl/α,β-unsaturated/α-hetero) is 1. The lowest BCUT2D eigenvalue weighted by molar-refractivity contribution is 0.0994. The zero-order chi connectivity index (χ0) is 17.3. The second-order valence-corrected chi connectivity index (χ2v) is 8.17. The molecule has 1 aliphatic carbocycles. The summed E-state index contributed by atoms with van der Waals surface area (Å²) in [5.41, 5.74) is 4.29. The fraction of sp³-hybridized carbons (Fsp3) is 0.500. The Morgan fingerprint density at radius 3 is 2.42 bits per heavy atom. The van der Waals surface area contributed by atoms with Crippen molar-refractivity contribution >= 4 is 17.5 Å². The molecule has 0 saturated heterocycles. The summed E-state index contributed by atoms with van der Waals surface area (Å²) in [5.74, 6) is 0.177. The normalized spacial score (nSPS) is 16.5. The molecule has 2 aromatic rings. The number of carbonyl (C=O) groups is 1. The molecule has 128 valence electrons. The van der Waals surface area contributed by atoms with E-state index in [1.807, 2.05) is 38.1 Å². The number of rotatable bonds is 5. The van der Waals surface area contributed by atoms with Crippen molar-refractivity contribution in [2.45, 2.75) is 69.8 Å². The van der Waals surface area contributed by atoms with Crippen molar-refractivity contribution in [1.82, 2.24) is 9.55 Å². The van der Waals surface area contributed by atoms with Gasteiger partial charge in [-0.15, -0.1) is 0 Å². The quantitative estimate of drug-likeness (QED) is 0.547. The maximum atomic E-state index is 12.7. The van der Waals surface area contributed by atoms with E-state index in [-0.39, 0.29) is 11.0 Å². The molecule has 0 N–H and O–H groups in total. The van der Waals surface area contributed by atoms with Crippen LogP contribution in [0.25, 0.3) is 0 Å². The summed E-state index contributed by atoms with van der Waals surface area (Å²) < 4.78 is 2.38. The molecule has 1 heterocycles. The van der Waals surface area contributed by atoms with E-state index < -0.39 is 0 Å². The number of benzene rings is 1. The molecule has 1 fully saturated rings. The molecule has 3 rings (SSSR count). The van der Waals surface area contributed by atoms with Crippen LogP contribution in [-0.4, -0.2) is 20.6 Å². The van der Waals surface area contributed by atoms with Crippen LogP contribution < -0.4 is 0 Å². The van der Waals surface area contributed by atoms with Gasteiger partial charge < -0.3 is 4.57 Å². The topological polar surface area (TPSA) is 34.9 Å². The maximum absolute atomic E-state index is 12.7. The molecule has 0 amide bonds. The number of nitrogens with zero attached hydrogens (tertiary/aromatic N) is 2. The molecule has 0 radical (unpaired) electrons. The molecular weight excluding hydrogens is 316 g/mol. The molecule has 3 nitrogen and oxygen atoms in total. The van der Waals surface area contributed by atoms with Crippen molar-refractivity contribution in [3.63, 3.8) is 0 Å². The largest absolute Gasteiger partial charge is 0.320 e. The fourth-order valence-corrected chi connectivity index (χ4v) is 4.58. The number of thioether (sulfide) groups is 1. The lowest BCUT2D eigenvalue weighted by atomic mass is 10.1. The lowest BCUT2D eigenvalue weighted by Crippen LogP contribution is -2.16. The molecule has 0 unspecified atom stereocenters. The molecule has 4 heteroatoms. The van der Waals surface area contributed by atoms with Gasteiger partial charge in [0.1, 0.15) is 0 Å². The summed E-state index contributed by atoms with van der Waals surface area (Å²) in [4.78, 5) is 17.5. The Balaban J connectivity index is 1.81. The first kappa shape index (κ1) is 17.3. The Morgan fingerprint density at radius 2 is 1.79 bits per heavy atom. The molecule has 1 aliphatic rings. The van der Waals surface area contributed by atoms with Crippen LogP contribution in [0.15, 0.2) is 29.4 Å². The third-order valence-corrected chi connectivity index (χ3v) is 6.10. The van der Waals surface area contributed by atoms with Gasteiger partial charge >= 0.3 is 0 Å². The van der Waals surface area contributed by atoms with Gasteiger partial charge in [-0.05, 0) is 40.5 Å². The number of imidazole rings is 1. The first-order valence-corrected chi connectivity index (χ1v) is 9.68. The number of hydrogen-bond acceptors (Lipinski definition) is 3. The molecule has 1 saturated carbocycles. The van der Waals surface area contributed by atoms with Crippen LogP contribution >= 0.6 is 11.8 Å². The third kappa shape index (κ3) is 3.44. The molecule has 1 aromatic carbocycles. The number of ketones is 1. The van der Waals surface area contributed by atoms with Crippen molar-refractivity contribution in [3.05, 3.63) is 46.8 Å². The molecule has 0 bridgehead atoms. The van der Waals surface area contributed by atoms with Crippen molar-refractivity contribution in [2.75, 3.05) is 0 Å². The zero-order valence-electron chi connectivity index (χ0n) is 15.0. The van der Waals surface area contributed by atoms with E-state index in [0.29, 0.717) is 6.04 Å². The van der Waals surface area contributed by atoms with Crippen molar-refractivity contribution in [1.29, 1.82) is 0 Å². The average molecular weight is 343 g/mol. The Hall–Kier alpha value is -1.55. The molecule has 0 spiro atoms. The maximum Gasteiger partial charge on any atom is 0.175 e. The summed E-state index contributed by atoms with van der Waals surface area (Å²) >= 11 is 1.60. The van der Waals surface area contributed by atoms with Gasteiger partial charge in [0.2, 0.25) is 0 Å². The first-order chi connectivity index (χ1) is 11.5. The second-order valence-electron chi connectivity index (χ2n) is 6.86. The Kier molecular flexibility index (Phi) is 5.14. The highest BCUT2D eigenvalue weighted by atomic mass is 32.2. The van der Waals surface area contributed by atoms with E-state index in [9.17, 15) is 4.79 Å². The third-order valence-electron chi connectivity index (χ3n) is 5.03. The minimum atomic E-state index is -0.131. The molecular formula is C20H26N2OS. The van der Waals surface area contributed by atoms with E-state index in [1.54, 1.807) is 11.8 Å². The van der Waals surface area contributed by atoms with E-state index in [0.717, 1.165) is 16.4 Å². The predicted octanol–water partition coefficient (Wildman–Crippen LogP) is 5.29. The molecule has 0 aliphatic heterocycles. The van der Waals surface area contributed by atoms with Crippen LogP contribution in [0.5, 0.6) is 0 Å². The van der Waals surface area contributed by atoms with Crippen LogP contribution in [0, 0.1) is 20.8 Å². The van der Waals surface area contributed by atoms with Gasteiger partial charge in [-0.1, -0.05) is 54.4 Å². The van der Waals surface area contributed by atoms with E-state index in [1.165, 1.54) is 36.9 Å². The zero-order valence-corrected chi connectivity index (χ0v) is 15.8. The molecule has 24 heavy (non-hydrogen) atoms. The second kappa shape index (κ2) is 7.14. The van der Waals surface area contributed by atoms with Gasteiger partial charge in [0.25, 0.3) is 0 Å². The van der Waals surface area contributed by atoms with E-state index >= 15 is 0 Å². The smallest absolute Gasteiger partial charge is 0.175 e. The van der Waals surface area contributed by atoms with Crippen LogP contribution in [-0.2, 0) is 0 Å². The highest BCUT2D eigenvalue weighted by Gasteiger charge is 2.26. The molecule has 1 atom stereocenters. The summed E-state index contributed by atoms with van der Waals surface area (Å²) in [6.45, 7) is 8.25. The first-order valence-electron chi connectivity index (χ1n) is 8.80. The van der Waals surface area contributed by atoms with Gasteiger partial charge in [-0.2, -0.15) is 0 Å². The van der Waals surface area contributed by atoms with Crippen LogP contribution in [0.4, 0.5) is 0 Å². The summed E-state index contributed by atoms with van der Waals surface area (Å²) in [7, 11) is 0. The van der Waals surface area contributed by atoms with E-state index in [4.69, 9.17) is 4.98 Å².